The van der Waals surface area contributed by atoms with Gasteiger partial charge in [0.1, 0.15) is 5.82 Å². The molecule has 0 saturated heterocycles. The van der Waals surface area contributed by atoms with Crippen LogP contribution in [0.2, 0.25) is 0 Å². The number of hydrogen-bond donors (Lipinski definition) is 2. The van der Waals surface area contributed by atoms with Crippen molar-refractivity contribution >= 4 is 11.5 Å². The fraction of sp³-hybridized carbons (Fsp3) is 0.462. The third-order valence-electron chi connectivity index (χ3n) is 2.80. The molecular weight excluding hydrogens is 233 g/mol. The first-order valence-electron chi connectivity index (χ1n) is 5.94. The molecule has 1 aromatic carbocycles. The summed E-state index contributed by atoms with van der Waals surface area (Å²) in [5.74, 6) is 0.0960. The highest BCUT2D eigenvalue weighted by Crippen LogP contribution is 2.21. The minimum atomic E-state index is -0.405. The molecule has 0 aliphatic carbocycles. The third-order valence-corrected chi connectivity index (χ3v) is 2.80. The number of nitrogens with two attached hydrogens (primary N) is 1. The number of rotatable bonds is 5. The van der Waals surface area contributed by atoms with E-state index >= 15 is 0 Å². The number of anilines is 1. The normalized spacial score (nSPS) is 11.9. The van der Waals surface area contributed by atoms with Gasteiger partial charge in [0.15, 0.2) is 5.84 Å². The van der Waals surface area contributed by atoms with Crippen LogP contribution in [-0.4, -0.2) is 24.6 Å². The Morgan fingerprint density at radius 2 is 2.17 bits per heavy atom. The van der Waals surface area contributed by atoms with Crippen LogP contribution in [0.3, 0.4) is 0 Å². The highest BCUT2D eigenvalue weighted by molar-refractivity contribution is 6.02. The molecule has 1 aromatic rings. The molecule has 0 aliphatic heterocycles. The van der Waals surface area contributed by atoms with E-state index in [1.807, 2.05) is 11.9 Å². The number of nitrogens with zero attached hydrogens (tertiary/aromatic N) is 2. The molecule has 3 N–H and O–H groups in total. The van der Waals surface area contributed by atoms with E-state index in [-0.39, 0.29) is 5.84 Å². The van der Waals surface area contributed by atoms with E-state index in [9.17, 15) is 4.39 Å². The van der Waals surface area contributed by atoms with Crippen LogP contribution in [0.5, 0.6) is 0 Å². The molecule has 0 atom stereocenters. The minimum absolute atomic E-state index is 0.0825. The Balaban J connectivity index is 3.00. The molecule has 100 valence electrons. The molecular formula is C13H20FN3O. The molecule has 0 aromatic heterocycles. The van der Waals surface area contributed by atoms with Crippen LogP contribution < -0.4 is 10.6 Å². The molecule has 5 heteroatoms. The lowest BCUT2D eigenvalue weighted by atomic mass is 10.1. The lowest BCUT2D eigenvalue weighted by Gasteiger charge is -2.23. The van der Waals surface area contributed by atoms with Crippen LogP contribution in [0.15, 0.2) is 23.4 Å². The maximum atomic E-state index is 13.2. The second kappa shape index (κ2) is 6.23. The smallest absolute Gasteiger partial charge is 0.172 e. The van der Waals surface area contributed by atoms with Crippen molar-refractivity contribution in [3.05, 3.63) is 29.6 Å². The summed E-state index contributed by atoms with van der Waals surface area (Å²) in [6.45, 7) is 5.11. The second-order valence-electron chi connectivity index (χ2n) is 4.75. The SMILES string of the molecule is CC(C)CCN(C)c1ccc(F)cc1C(N)=NO. The first-order valence-corrected chi connectivity index (χ1v) is 5.94. The molecule has 0 heterocycles. The minimum Gasteiger partial charge on any atom is -0.409 e. The fourth-order valence-corrected chi connectivity index (χ4v) is 1.67. The maximum absolute atomic E-state index is 13.2. The number of oxime groups is 1. The Kier molecular flexibility index (Phi) is 4.95. The van der Waals surface area contributed by atoms with Gasteiger partial charge in [-0.3, -0.25) is 0 Å². The van der Waals surface area contributed by atoms with E-state index in [1.54, 1.807) is 6.07 Å². The zero-order chi connectivity index (χ0) is 13.7. The zero-order valence-corrected chi connectivity index (χ0v) is 11.0. The average molecular weight is 253 g/mol. The van der Waals surface area contributed by atoms with Crippen LogP contribution in [-0.2, 0) is 0 Å². The van der Waals surface area contributed by atoms with Crippen LogP contribution in [0, 0.1) is 11.7 Å². The van der Waals surface area contributed by atoms with Crippen LogP contribution in [0.25, 0.3) is 0 Å². The summed E-state index contributed by atoms with van der Waals surface area (Å²) in [5.41, 5.74) is 6.73. The van der Waals surface area contributed by atoms with E-state index in [0.29, 0.717) is 11.5 Å². The van der Waals surface area contributed by atoms with Crippen LogP contribution >= 0.6 is 0 Å². The van der Waals surface area contributed by atoms with E-state index in [0.717, 1.165) is 18.7 Å². The highest BCUT2D eigenvalue weighted by atomic mass is 19.1. The molecule has 0 amide bonds. The molecule has 0 aliphatic rings. The first-order chi connectivity index (χ1) is 8.45. The largest absolute Gasteiger partial charge is 0.409 e. The summed E-state index contributed by atoms with van der Waals surface area (Å²) in [6, 6.07) is 4.29. The Labute approximate surface area is 107 Å². The summed E-state index contributed by atoms with van der Waals surface area (Å²) in [6.07, 6.45) is 1.02. The monoisotopic (exact) mass is 253 g/mol. The predicted octanol–water partition coefficient (Wildman–Crippen LogP) is 2.40. The Morgan fingerprint density at radius 3 is 2.72 bits per heavy atom. The summed E-state index contributed by atoms with van der Waals surface area (Å²) in [4.78, 5) is 1.98. The van der Waals surface area contributed by atoms with E-state index in [2.05, 4.69) is 19.0 Å². The number of halogens is 1. The van der Waals surface area contributed by atoms with Crippen molar-refractivity contribution < 1.29 is 9.60 Å². The Bertz CT molecular complexity index is 432. The van der Waals surface area contributed by atoms with Gasteiger partial charge in [-0.25, -0.2) is 4.39 Å². The molecule has 1 rings (SSSR count). The highest BCUT2D eigenvalue weighted by Gasteiger charge is 2.12. The molecule has 0 saturated carbocycles. The van der Waals surface area contributed by atoms with E-state index in [1.165, 1.54) is 12.1 Å². The van der Waals surface area contributed by atoms with Crippen molar-refractivity contribution in [1.29, 1.82) is 0 Å². The fourth-order valence-electron chi connectivity index (χ4n) is 1.67. The van der Waals surface area contributed by atoms with Crippen molar-refractivity contribution in [1.82, 2.24) is 0 Å². The van der Waals surface area contributed by atoms with Crippen molar-refractivity contribution in [3.8, 4) is 0 Å². The average Bonchev–Trinajstić information content (AvgIpc) is 2.34. The Morgan fingerprint density at radius 1 is 1.50 bits per heavy atom. The molecule has 18 heavy (non-hydrogen) atoms. The third kappa shape index (κ3) is 3.61. The van der Waals surface area contributed by atoms with Gasteiger partial charge in [-0.05, 0) is 30.5 Å². The van der Waals surface area contributed by atoms with Crippen LogP contribution in [0.4, 0.5) is 10.1 Å². The zero-order valence-electron chi connectivity index (χ0n) is 11.0. The molecule has 0 unspecified atom stereocenters. The first kappa shape index (κ1) is 14.3. The van der Waals surface area contributed by atoms with Crippen molar-refractivity contribution in [2.75, 3.05) is 18.5 Å². The van der Waals surface area contributed by atoms with Crippen molar-refractivity contribution in [2.45, 2.75) is 20.3 Å². The van der Waals surface area contributed by atoms with Gasteiger partial charge in [0.25, 0.3) is 0 Å². The molecule has 0 spiro atoms. The van der Waals surface area contributed by atoms with Gasteiger partial charge in [0.05, 0.1) is 0 Å². The standard InChI is InChI=1S/C13H20FN3O/c1-9(2)6-7-17(3)12-5-4-10(14)8-11(12)13(15)16-18/h4-5,8-9,18H,6-7H2,1-3H3,(H2,15,16). The number of benzene rings is 1. The summed E-state index contributed by atoms with van der Waals surface area (Å²) < 4.78 is 13.2. The Hall–Kier alpha value is -1.78. The number of hydrogen-bond acceptors (Lipinski definition) is 3. The van der Waals surface area contributed by atoms with E-state index in [4.69, 9.17) is 10.9 Å². The predicted molar refractivity (Wildman–Crippen MR) is 71.6 cm³/mol. The van der Waals surface area contributed by atoms with E-state index < -0.39 is 5.82 Å². The lowest BCUT2D eigenvalue weighted by molar-refractivity contribution is 0.318. The van der Waals surface area contributed by atoms with Crippen molar-refractivity contribution in [3.63, 3.8) is 0 Å². The van der Waals surface area contributed by atoms with Gasteiger partial charge in [-0.2, -0.15) is 0 Å². The summed E-state index contributed by atoms with van der Waals surface area (Å²) in [5, 5.41) is 11.7. The summed E-state index contributed by atoms with van der Waals surface area (Å²) >= 11 is 0. The lowest BCUT2D eigenvalue weighted by Crippen LogP contribution is -2.24. The summed E-state index contributed by atoms with van der Waals surface area (Å²) in [7, 11) is 1.91. The van der Waals surface area contributed by atoms with Crippen molar-refractivity contribution in [2.24, 2.45) is 16.8 Å². The van der Waals surface area contributed by atoms with Gasteiger partial charge in [-0.1, -0.05) is 19.0 Å². The molecule has 4 nitrogen and oxygen atoms in total. The van der Waals surface area contributed by atoms with Gasteiger partial charge in [0, 0.05) is 24.8 Å². The quantitative estimate of drug-likeness (QED) is 0.366. The second-order valence-corrected chi connectivity index (χ2v) is 4.75. The van der Waals surface area contributed by atoms with Crippen LogP contribution in [0.1, 0.15) is 25.8 Å². The molecule has 0 bridgehead atoms. The number of amidine groups is 1. The molecule has 0 radical (unpaired) electrons. The van der Waals surface area contributed by atoms with Gasteiger partial charge in [0.2, 0.25) is 0 Å². The topological polar surface area (TPSA) is 61.8 Å². The van der Waals surface area contributed by atoms with Gasteiger partial charge in [-0.15, -0.1) is 0 Å². The van der Waals surface area contributed by atoms with Gasteiger partial charge < -0.3 is 15.8 Å². The maximum Gasteiger partial charge on any atom is 0.172 e. The van der Waals surface area contributed by atoms with Gasteiger partial charge >= 0.3 is 0 Å². The molecule has 0 fully saturated rings.